The molecule has 0 unspecified atom stereocenters. The van der Waals surface area contributed by atoms with Gasteiger partial charge in [0.2, 0.25) is 11.6 Å². The maximum absolute atomic E-state index is 5.49. The van der Waals surface area contributed by atoms with Crippen molar-refractivity contribution in [1.29, 1.82) is 0 Å². The van der Waals surface area contributed by atoms with Gasteiger partial charge in [0, 0.05) is 7.05 Å². The fraction of sp³-hybridized carbons (Fsp3) is 0.417. The summed E-state index contributed by atoms with van der Waals surface area (Å²) >= 11 is 0. The zero-order valence-electron chi connectivity index (χ0n) is 11.4. The lowest BCUT2D eigenvalue weighted by molar-refractivity contribution is 0.414. The van der Waals surface area contributed by atoms with Crippen LogP contribution in [0.5, 0.6) is 5.75 Å². The number of aromatic nitrogens is 3. The largest absolute Gasteiger partial charge is 0.490 e. The summed E-state index contributed by atoms with van der Waals surface area (Å²) in [6.45, 7) is 4.23. The first-order valence-corrected chi connectivity index (χ1v) is 5.89. The van der Waals surface area contributed by atoms with Crippen LogP contribution < -0.4 is 15.4 Å². The number of hydrogen-bond donors (Lipinski definition) is 2. The predicted octanol–water partition coefficient (Wildman–Crippen LogP) is 1.74. The minimum atomic E-state index is 0.436. The molecule has 0 saturated carbocycles. The molecule has 0 bridgehead atoms. The second-order valence-electron chi connectivity index (χ2n) is 3.96. The number of aryl methyl sites for hydroxylation is 2. The number of nitrogens with zero attached hydrogens (tertiary/aromatic N) is 3. The molecule has 0 saturated heterocycles. The van der Waals surface area contributed by atoms with Crippen molar-refractivity contribution >= 4 is 11.6 Å². The average molecular weight is 263 g/mol. The second kappa shape index (κ2) is 5.55. The van der Waals surface area contributed by atoms with E-state index in [1.165, 1.54) is 6.33 Å². The summed E-state index contributed by atoms with van der Waals surface area (Å²) in [5.74, 6) is 3.21. The van der Waals surface area contributed by atoms with Crippen molar-refractivity contribution in [3.05, 3.63) is 23.7 Å². The van der Waals surface area contributed by atoms with Gasteiger partial charge in [-0.15, -0.1) is 0 Å². The van der Waals surface area contributed by atoms with Crippen molar-refractivity contribution in [2.75, 3.05) is 24.8 Å². The quantitative estimate of drug-likeness (QED) is 0.849. The lowest BCUT2D eigenvalue weighted by atomic mass is 10.4. The Bertz CT molecular complexity index is 548. The van der Waals surface area contributed by atoms with Crippen LogP contribution in [0.25, 0.3) is 0 Å². The first-order chi connectivity index (χ1) is 9.15. The van der Waals surface area contributed by atoms with Crippen molar-refractivity contribution < 1.29 is 9.15 Å². The van der Waals surface area contributed by atoms with E-state index < -0.39 is 0 Å². The molecule has 2 aromatic heterocycles. The number of rotatable bonds is 5. The van der Waals surface area contributed by atoms with Gasteiger partial charge in [-0.05, 0) is 13.8 Å². The Morgan fingerprint density at radius 2 is 2.00 bits per heavy atom. The maximum atomic E-state index is 5.49. The molecule has 19 heavy (non-hydrogen) atoms. The average Bonchev–Trinajstić information content (AvgIpc) is 2.74. The van der Waals surface area contributed by atoms with Crippen molar-refractivity contribution in [1.82, 2.24) is 15.0 Å². The van der Waals surface area contributed by atoms with E-state index in [4.69, 9.17) is 9.15 Å². The topological polar surface area (TPSA) is 85.1 Å². The molecule has 0 radical (unpaired) electrons. The van der Waals surface area contributed by atoms with E-state index in [1.54, 1.807) is 14.2 Å². The first kappa shape index (κ1) is 13.1. The van der Waals surface area contributed by atoms with Crippen LogP contribution in [0.4, 0.5) is 11.6 Å². The van der Waals surface area contributed by atoms with Crippen LogP contribution in [0.2, 0.25) is 0 Å². The van der Waals surface area contributed by atoms with E-state index in [-0.39, 0.29) is 0 Å². The summed E-state index contributed by atoms with van der Waals surface area (Å²) in [5.41, 5.74) is 0.891. The molecule has 0 aliphatic heterocycles. The van der Waals surface area contributed by atoms with E-state index in [9.17, 15) is 0 Å². The lowest BCUT2D eigenvalue weighted by Crippen LogP contribution is -2.06. The summed E-state index contributed by atoms with van der Waals surface area (Å²) < 4.78 is 10.8. The zero-order chi connectivity index (χ0) is 13.8. The minimum Gasteiger partial charge on any atom is -0.490 e. The number of methoxy groups -OCH3 is 1. The Balaban J connectivity index is 2.15. The van der Waals surface area contributed by atoms with Crippen LogP contribution in [0, 0.1) is 13.8 Å². The lowest BCUT2D eigenvalue weighted by Gasteiger charge is -2.11. The fourth-order valence-electron chi connectivity index (χ4n) is 1.65. The minimum absolute atomic E-state index is 0.436. The van der Waals surface area contributed by atoms with Gasteiger partial charge in [-0.25, -0.2) is 15.0 Å². The highest BCUT2D eigenvalue weighted by atomic mass is 16.5. The molecule has 2 N–H and O–H groups in total. The van der Waals surface area contributed by atoms with Crippen LogP contribution >= 0.6 is 0 Å². The van der Waals surface area contributed by atoms with E-state index in [1.807, 2.05) is 13.8 Å². The maximum Gasteiger partial charge on any atom is 0.213 e. The Kier molecular flexibility index (Phi) is 3.84. The van der Waals surface area contributed by atoms with Crippen LogP contribution in [0.3, 0.4) is 0 Å². The summed E-state index contributed by atoms with van der Waals surface area (Å²) in [6.07, 6.45) is 1.46. The normalized spacial score (nSPS) is 10.3. The highest BCUT2D eigenvalue weighted by Crippen LogP contribution is 2.28. The third kappa shape index (κ3) is 2.75. The summed E-state index contributed by atoms with van der Waals surface area (Å²) in [4.78, 5) is 12.5. The fourth-order valence-corrected chi connectivity index (χ4v) is 1.65. The molecule has 0 fully saturated rings. The van der Waals surface area contributed by atoms with Gasteiger partial charge in [-0.3, -0.25) is 0 Å². The summed E-state index contributed by atoms with van der Waals surface area (Å²) in [5, 5.41) is 6.07. The zero-order valence-corrected chi connectivity index (χ0v) is 11.4. The monoisotopic (exact) mass is 263 g/mol. The van der Waals surface area contributed by atoms with Crippen molar-refractivity contribution in [3.63, 3.8) is 0 Å². The van der Waals surface area contributed by atoms with Gasteiger partial charge in [0.15, 0.2) is 11.6 Å². The second-order valence-corrected chi connectivity index (χ2v) is 3.96. The smallest absolute Gasteiger partial charge is 0.213 e. The molecule has 2 aromatic rings. The van der Waals surface area contributed by atoms with Gasteiger partial charge in [0.1, 0.15) is 12.1 Å². The van der Waals surface area contributed by atoms with Crippen molar-refractivity contribution in [3.8, 4) is 5.75 Å². The molecule has 7 heteroatoms. The standard InChI is InChI=1S/C12H17N5O2/c1-7-8(2)19-9(17-7)5-14-12-10(18-4)11(13-3)15-6-16-12/h6H,5H2,1-4H3,(H2,13,14,15,16). The van der Waals surface area contributed by atoms with Gasteiger partial charge in [0.05, 0.1) is 19.3 Å². The van der Waals surface area contributed by atoms with Gasteiger partial charge in [-0.1, -0.05) is 0 Å². The molecular weight excluding hydrogens is 246 g/mol. The van der Waals surface area contributed by atoms with Gasteiger partial charge in [-0.2, -0.15) is 0 Å². The van der Waals surface area contributed by atoms with E-state index in [0.717, 1.165) is 11.5 Å². The molecule has 0 aliphatic rings. The molecule has 102 valence electrons. The highest BCUT2D eigenvalue weighted by Gasteiger charge is 2.12. The number of oxazole rings is 1. The number of anilines is 2. The van der Waals surface area contributed by atoms with E-state index >= 15 is 0 Å². The third-order valence-electron chi connectivity index (χ3n) is 2.72. The Morgan fingerprint density at radius 1 is 1.26 bits per heavy atom. The molecule has 0 aliphatic carbocycles. The Morgan fingerprint density at radius 3 is 2.58 bits per heavy atom. The molecule has 7 nitrogen and oxygen atoms in total. The molecular formula is C12H17N5O2. The Hall–Kier alpha value is -2.31. The summed E-state index contributed by atoms with van der Waals surface area (Å²) in [6, 6.07) is 0. The van der Waals surface area contributed by atoms with Crippen molar-refractivity contribution in [2.45, 2.75) is 20.4 Å². The third-order valence-corrected chi connectivity index (χ3v) is 2.72. The SMILES string of the molecule is CNc1ncnc(NCc2nc(C)c(C)o2)c1OC. The van der Waals surface area contributed by atoms with Gasteiger partial charge in [0.25, 0.3) is 0 Å². The van der Waals surface area contributed by atoms with Gasteiger partial charge < -0.3 is 19.8 Å². The van der Waals surface area contributed by atoms with Crippen LogP contribution in [-0.2, 0) is 6.54 Å². The predicted molar refractivity (Wildman–Crippen MR) is 71.4 cm³/mol. The van der Waals surface area contributed by atoms with Crippen LogP contribution in [-0.4, -0.2) is 29.1 Å². The molecule has 0 aromatic carbocycles. The van der Waals surface area contributed by atoms with Crippen LogP contribution in [0.1, 0.15) is 17.3 Å². The first-order valence-electron chi connectivity index (χ1n) is 5.89. The van der Waals surface area contributed by atoms with E-state index in [0.29, 0.717) is 29.8 Å². The Labute approximate surface area is 111 Å². The van der Waals surface area contributed by atoms with Crippen molar-refractivity contribution in [2.24, 2.45) is 0 Å². The number of hydrogen-bond acceptors (Lipinski definition) is 7. The number of nitrogens with one attached hydrogen (secondary N) is 2. The van der Waals surface area contributed by atoms with Gasteiger partial charge >= 0.3 is 0 Å². The molecule has 2 heterocycles. The molecule has 0 atom stereocenters. The highest BCUT2D eigenvalue weighted by molar-refractivity contribution is 5.63. The summed E-state index contributed by atoms with van der Waals surface area (Å²) in [7, 11) is 3.35. The molecule has 0 spiro atoms. The molecule has 0 amide bonds. The van der Waals surface area contributed by atoms with Crippen LogP contribution in [0.15, 0.2) is 10.7 Å². The number of ether oxygens (including phenoxy) is 1. The van der Waals surface area contributed by atoms with E-state index in [2.05, 4.69) is 25.6 Å². The molecule has 2 rings (SSSR count).